The normalized spacial score (nSPS) is 11.5. The van der Waals surface area contributed by atoms with E-state index in [0.29, 0.717) is 12.1 Å². The molecule has 0 aliphatic carbocycles. The quantitative estimate of drug-likeness (QED) is 0.702. The Labute approximate surface area is 139 Å². The first-order valence-electron chi connectivity index (χ1n) is 7.37. The van der Waals surface area contributed by atoms with Crippen molar-refractivity contribution in [1.29, 1.82) is 0 Å². The zero-order valence-corrected chi connectivity index (χ0v) is 13.6. The van der Waals surface area contributed by atoms with E-state index in [0.717, 1.165) is 5.56 Å². The average Bonchev–Trinajstić information content (AvgIpc) is 3.09. The number of nitrogens with one attached hydrogen (secondary N) is 1. The van der Waals surface area contributed by atoms with E-state index in [2.05, 4.69) is 19.9 Å². The second-order valence-corrected chi connectivity index (χ2v) is 7.02. The van der Waals surface area contributed by atoms with Crippen LogP contribution in [0.5, 0.6) is 0 Å². The van der Waals surface area contributed by atoms with Gasteiger partial charge in [0.1, 0.15) is 5.69 Å². The molecule has 0 aliphatic heterocycles. The zero-order valence-electron chi connectivity index (χ0n) is 12.8. The highest BCUT2D eigenvalue weighted by Crippen LogP contribution is 2.14. The lowest BCUT2D eigenvalue weighted by molar-refractivity contribution is 0.493. The van der Waals surface area contributed by atoms with Crippen molar-refractivity contribution in [3.63, 3.8) is 0 Å². The van der Waals surface area contributed by atoms with Crippen LogP contribution in [0, 0.1) is 0 Å². The Hall–Kier alpha value is -2.58. The van der Waals surface area contributed by atoms with Crippen LogP contribution < -0.4 is 4.72 Å². The topological polar surface area (TPSA) is 98.0 Å². The van der Waals surface area contributed by atoms with Crippen LogP contribution in [-0.4, -0.2) is 29.4 Å². The molecule has 7 nitrogen and oxygen atoms in total. The Morgan fingerprint density at radius 2 is 1.79 bits per heavy atom. The Morgan fingerprint density at radius 1 is 1.00 bits per heavy atom. The fourth-order valence-electron chi connectivity index (χ4n) is 2.06. The van der Waals surface area contributed by atoms with Crippen LogP contribution in [0.3, 0.4) is 0 Å². The number of hydrogen-bond donors (Lipinski definition) is 1. The number of aryl methyl sites for hydroxylation is 1. The highest BCUT2D eigenvalue weighted by atomic mass is 32.2. The summed E-state index contributed by atoms with van der Waals surface area (Å²) in [7, 11) is -3.43. The lowest BCUT2D eigenvalue weighted by Crippen LogP contribution is -2.27. The summed E-state index contributed by atoms with van der Waals surface area (Å²) in [5.41, 5.74) is 1.52. The van der Waals surface area contributed by atoms with Crippen LogP contribution in [0.4, 0.5) is 0 Å². The molecule has 2 aromatic heterocycles. The van der Waals surface area contributed by atoms with E-state index < -0.39 is 10.0 Å². The van der Waals surface area contributed by atoms with Crippen molar-refractivity contribution >= 4 is 10.0 Å². The Bertz CT molecular complexity index is 880. The number of rotatable bonds is 7. The van der Waals surface area contributed by atoms with Crippen LogP contribution in [0.15, 0.2) is 59.1 Å². The maximum atomic E-state index is 12.0. The second-order valence-electron chi connectivity index (χ2n) is 5.09. The van der Waals surface area contributed by atoms with E-state index in [1.54, 1.807) is 24.4 Å². The first-order valence-corrected chi connectivity index (χ1v) is 9.03. The maximum Gasteiger partial charge on any atom is 0.266 e. The standard InChI is InChI=1S/C16H16N4O3S/c21-24(22,11-9-13-6-2-1-3-7-13)18-12-15-19-20-16(23-15)14-8-4-5-10-17-14/h1-8,10,18H,9,11-12H2. The molecule has 124 valence electrons. The van der Waals surface area contributed by atoms with Gasteiger partial charge in [-0.25, -0.2) is 13.1 Å². The van der Waals surface area contributed by atoms with E-state index >= 15 is 0 Å². The molecule has 3 aromatic rings. The minimum absolute atomic E-state index is 0.00174. The van der Waals surface area contributed by atoms with E-state index in [1.165, 1.54) is 0 Å². The Balaban J connectivity index is 1.56. The van der Waals surface area contributed by atoms with E-state index in [4.69, 9.17) is 4.42 Å². The van der Waals surface area contributed by atoms with Crippen molar-refractivity contribution in [2.75, 3.05) is 5.75 Å². The summed E-state index contributed by atoms with van der Waals surface area (Å²) in [6.07, 6.45) is 2.06. The van der Waals surface area contributed by atoms with Crippen molar-refractivity contribution in [3.8, 4) is 11.6 Å². The number of pyridine rings is 1. The molecule has 2 heterocycles. The van der Waals surface area contributed by atoms with E-state index in [9.17, 15) is 8.42 Å². The van der Waals surface area contributed by atoms with Gasteiger partial charge in [0.05, 0.1) is 12.3 Å². The molecule has 0 fully saturated rings. The summed E-state index contributed by atoms with van der Waals surface area (Å²) in [6.45, 7) is -0.0447. The Kier molecular flexibility index (Phi) is 4.97. The first-order chi connectivity index (χ1) is 11.6. The molecular formula is C16H16N4O3S. The zero-order chi connectivity index (χ0) is 16.8. The van der Waals surface area contributed by atoms with Crippen molar-refractivity contribution in [2.45, 2.75) is 13.0 Å². The molecule has 8 heteroatoms. The van der Waals surface area contributed by atoms with E-state index in [1.807, 2.05) is 30.3 Å². The number of nitrogens with zero attached hydrogens (tertiary/aromatic N) is 3. The molecule has 1 N–H and O–H groups in total. The smallest absolute Gasteiger partial charge is 0.266 e. The fourth-order valence-corrected chi connectivity index (χ4v) is 3.05. The highest BCUT2D eigenvalue weighted by Gasteiger charge is 2.14. The summed E-state index contributed by atoms with van der Waals surface area (Å²) in [4.78, 5) is 4.10. The summed E-state index contributed by atoms with van der Waals surface area (Å²) in [6, 6.07) is 14.8. The summed E-state index contributed by atoms with van der Waals surface area (Å²) in [5, 5.41) is 7.70. The maximum absolute atomic E-state index is 12.0. The summed E-state index contributed by atoms with van der Waals surface area (Å²) in [5.74, 6) is 0.450. The van der Waals surface area contributed by atoms with Gasteiger partial charge >= 0.3 is 0 Å². The van der Waals surface area contributed by atoms with E-state index in [-0.39, 0.29) is 24.1 Å². The van der Waals surface area contributed by atoms with Gasteiger partial charge < -0.3 is 4.42 Å². The van der Waals surface area contributed by atoms with Crippen molar-refractivity contribution in [3.05, 3.63) is 66.2 Å². The molecule has 0 radical (unpaired) electrons. The first kappa shape index (κ1) is 16.3. The minimum atomic E-state index is -3.43. The van der Waals surface area contributed by atoms with Gasteiger partial charge in [-0.3, -0.25) is 4.98 Å². The monoisotopic (exact) mass is 344 g/mol. The molecule has 0 amide bonds. The molecule has 0 unspecified atom stereocenters. The van der Waals surface area contributed by atoms with Gasteiger partial charge in [0.25, 0.3) is 5.89 Å². The van der Waals surface area contributed by atoms with Crippen molar-refractivity contribution in [2.24, 2.45) is 0 Å². The van der Waals surface area contributed by atoms with Crippen LogP contribution in [0.25, 0.3) is 11.6 Å². The van der Waals surface area contributed by atoms with Gasteiger partial charge in [0.15, 0.2) is 0 Å². The van der Waals surface area contributed by atoms with Gasteiger partial charge in [-0.1, -0.05) is 36.4 Å². The lowest BCUT2D eigenvalue weighted by atomic mass is 10.2. The second kappa shape index (κ2) is 7.33. The number of sulfonamides is 1. The molecule has 24 heavy (non-hydrogen) atoms. The SMILES string of the molecule is O=S(=O)(CCc1ccccc1)NCc1nnc(-c2ccccn2)o1. The highest BCUT2D eigenvalue weighted by molar-refractivity contribution is 7.89. The van der Waals surface area contributed by atoms with Crippen molar-refractivity contribution < 1.29 is 12.8 Å². The van der Waals surface area contributed by atoms with Gasteiger partial charge in [-0.2, -0.15) is 0 Å². The van der Waals surface area contributed by atoms with Gasteiger partial charge in [0.2, 0.25) is 15.9 Å². The molecule has 1 aromatic carbocycles. The van der Waals surface area contributed by atoms with Crippen LogP contribution >= 0.6 is 0 Å². The van der Waals surface area contributed by atoms with Crippen LogP contribution in [0.2, 0.25) is 0 Å². The number of aromatic nitrogens is 3. The van der Waals surface area contributed by atoms with Crippen molar-refractivity contribution in [1.82, 2.24) is 19.9 Å². The fraction of sp³-hybridized carbons (Fsp3) is 0.188. The molecule has 0 bridgehead atoms. The predicted molar refractivity (Wildman–Crippen MR) is 88.3 cm³/mol. The molecule has 0 atom stereocenters. The van der Waals surface area contributed by atoms with Crippen LogP contribution in [-0.2, 0) is 23.0 Å². The lowest BCUT2D eigenvalue weighted by Gasteiger charge is -2.04. The third-order valence-corrected chi connectivity index (χ3v) is 4.62. The molecular weight excluding hydrogens is 328 g/mol. The van der Waals surface area contributed by atoms with Gasteiger partial charge in [-0.15, -0.1) is 10.2 Å². The predicted octanol–water partition coefficient (Wildman–Crippen LogP) is 1.79. The summed E-state index contributed by atoms with van der Waals surface area (Å²) < 4.78 is 32.0. The average molecular weight is 344 g/mol. The Morgan fingerprint density at radius 3 is 2.54 bits per heavy atom. The van der Waals surface area contributed by atoms with Crippen LogP contribution in [0.1, 0.15) is 11.5 Å². The third kappa shape index (κ3) is 4.46. The third-order valence-electron chi connectivity index (χ3n) is 3.30. The van der Waals surface area contributed by atoms with Gasteiger partial charge in [-0.05, 0) is 24.1 Å². The molecule has 0 spiro atoms. The molecule has 0 saturated carbocycles. The molecule has 0 aliphatic rings. The summed E-state index contributed by atoms with van der Waals surface area (Å²) >= 11 is 0. The number of benzene rings is 1. The minimum Gasteiger partial charge on any atom is -0.418 e. The number of hydrogen-bond acceptors (Lipinski definition) is 6. The molecule has 0 saturated heterocycles. The largest absolute Gasteiger partial charge is 0.418 e. The molecule has 3 rings (SSSR count). The van der Waals surface area contributed by atoms with Gasteiger partial charge in [0, 0.05) is 6.20 Å².